The van der Waals surface area contributed by atoms with E-state index in [1.807, 2.05) is 0 Å². The Morgan fingerprint density at radius 2 is 1.67 bits per heavy atom. The van der Waals surface area contributed by atoms with Crippen molar-refractivity contribution < 1.29 is 37.4 Å². The van der Waals surface area contributed by atoms with Gasteiger partial charge in [0.05, 0.1) is 0 Å². The number of halogens is 4. The third kappa shape index (κ3) is 4.05. The maximum atomic E-state index is 13.3. The van der Waals surface area contributed by atoms with Gasteiger partial charge in [0.1, 0.15) is 11.7 Å². The van der Waals surface area contributed by atoms with Crippen molar-refractivity contribution in [1.29, 1.82) is 0 Å². The van der Waals surface area contributed by atoms with Gasteiger partial charge in [-0.15, -0.1) is 0 Å². The van der Waals surface area contributed by atoms with E-state index in [9.17, 15) is 27.2 Å². The lowest BCUT2D eigenvalue weighted by atomic mass is 10.2. The molecule has 1 rings (SSSR count). The summed E-state index contributed by atoms with van der Waals surface area (Å²) in [6, 6.07) is -2.99. The van der Waals surface area contributed by atoms with Crippen LogP contribution in [-0.4, -0.2) is 34.9 Å². The van der Waals surface area contributed by atoms with Crippen LogP contribution < -0.4 is 10.6 Å². The molecule has 10 heteroatoms. The molecule has 0 aliphatic heterocycles. The lowest BCUT2D eigenvalue weighted by Crippen LogP contribution is -2.43. The summed E-state index contributed by atoms with van der Waals surface area (Å²) in [5.74, 6) is -8.63. The second kappa shape index (κ2) is 6.88. The van der Waals surface area contributed by atoms with Gasteiger partial charge in [0, 0.05) is 19.1 Å². The van der Waals surface area contributed by atoms with Gasteiger partial charge in [0.25, 0.3) is 0 Å². The van der Waals surface area contributed by atoms with E-state index in [1.165, 1.54) is 5.32 Å². The Balaban J connectivity index is 2.91. The summed E-state index contributed by atoms with van der Waals surface area (Å²) in [4.78, 5) is 22.1. The molecule has 6 nitrogen and oxygen atoms in total. The van der Waals surface area contributed by atoms with Crippen molar-refractivity contribution in [2.45, 2.75) is 12.5 Å². The molecule has 0 aliphatic carbocycles. The Morgan fingerprint density at radius 3 is 2.10 bits per heavy atom. The SMILES string of the molecule is O=C(Nc1c(F)c(F)cc(F)c1F)N[C@@H](CCO)C(=O)O. The molecule has 1 atom stereocenters. The minimum atomic E-state index is -1.84. The summed E-state index contributed by atoms with van der Waals surface area (Å²) < 4.78 is 52.3. The molecular weight excluding hydrogens is 300 g/mol. The van der Waals surface area contributed by atoms with Crippen LogP contribution in [0.3, 0.4) is 0 Å². The largest absolute Gasteiger partial charge is 0.480 e. The normalized spacial score (nSPS) is 11.9. The van der Waals surface area contributed by atoms with Crippen LogP contribution in [0.4, 0.5) is 28.0 Å². The highest BCUT2D eigenvalue weighted by Gasteiger charge is 2.23. The van der Waals surface area contributed by atoms with Crippen molar-refractivity contribution in [1.82, 2.24) is 5.32 Å². The number of nitrogens with one attached hydrogen (secondary N) is 2. The number of carbonyl (C=O) groups is 2. The van der Waals surface area contributed by atoms with Crippen molar-refractivity contribution in [2.24, 2.45) is 0 Å². The van der Waals surface area contributed by atoms with Crippen LogP contribution in [0.2, 0.25) is 0 Å². The third-order valence-electron chi connectivity index (χ3n) is 2.37. The second-order valence-corrected chi connectivity index (χ2v) is 3.84. The topological polar surface area (TPSA) is 98.7 Å². The van der Waals surface area contributed by atoms with Gasteiger partial charge in [0.2, 0.25) is 0 Å². The van der Waals surface area contributed by atoms with E-state index in [4.69, 9.17) is 10.2 Å². The van der Waals surface area contributed by atoms with Crippen molar-refractivity contribution in [3.63, 3.8) is 0 Å². The highest BCUT2D eigenvalue weighted by Crippen LogP contribution is 2.23. The Kier molecular flexibility index (Phi) is 5.47. The fourth-order valence-corrected chi connectivity index (χ4v) is 1.38. The molecular formula is C11H10F4N2O4. The number of hydrogen-bond donors (Lipinski definition) is 4. The standard InChI is InChI=1S/C11H10F4N2O4/c12-4-3-5(13)8(15)9(7(4)14)17-11(21)16-6(1-2-18)10(19)20/h3,6,18H,1-2H2,(H,19,20)(H2,16,17,21)/t6-/m0/s1. The summed E-state index contributed by atoms with van der Waals surface area (Å²) in [5, 5.41) is 20.5. The first-order valence-electron chi connectivity index (χ1n) is 5.52. The minimum absolute atomic E-state index is 0.0421. The van der Waals surface area contributed by atoms with E-state index in [0.29, 0.717) is 0 Å². The molecule has 0 saturated heterocycles. The molecule has 1 aromatic carbocycles. The van der Waals surface area contributed by atoms with Gasteiger partial charge >= 0.3 is 12.0 Å². The van der Waals surface area contributed by atoms with E-state index >= 15 is 0 Å². The van der Waals surface area contributed by atoms with Crippen LogP contribution >= 0.6 is 0 Å². The predicted octanol–water partition coefficient (Wildman–Crippen LogP) is 1.20. The fraction of sp³-hybridized carbons (Fsp3) is 0.273. The second-order valence-electron chi connectivity index (χ2n) is 3.84. The number of aliphatic hydroxyl groups excluding tert-OH is 1. The predicted molar refractivity (Wildman–Crippen MR) is 61.6 cm³/mol. The smallest absolute Gasteiger partial charge is 0.326 e. The average Bonchev–Trinajstić information content (AvgIpc) is 2.41. The fourth-order valence-electron chi connectivity index (χ4n) is 1.38. The molecule has 1 aromatic rings. The van der Waals surface area contributed by atoms with E-state index < -0.39 is 53.6 Å². The lowest BCUT2D eigenvalue weighted by molar-refractivity contribution is -0.139. The molecule has 0 unspecified atom stereocenters. The maximum absolute atomic E-state index is 13.3. The number of rotatable bonds is 5. The van der Waals surface area contributed by atoms with Crippen molar-refractivity contribution in [3.8, 4) is 0 Å². The molecule has 2 amide bonds. The number of carboxylic acid groups (broad SMARTS) is 1. The number of carbonyl (C=O) groups excluding carboxylic acids is 1. The molecule has 0 saturated carbocycles. The van der Waals surface area contributed by atoms with Gasteiger partial charge < -0.3 is 20.8 Å². The molecule has 0 aliphatic rings. The van der Waals surface area contributed by atoms with Gasteiger partial charge in [-0.1, -0.05) is 0 Å². The molecule has 116 valence electrons. The molecule has 0 bridgehead atoms. The summed E-state index contributed by atoms with van der Waals surface area (Å²) >= 11 is 0. The molecule has 0 aromatic heterocycles. The zero-order valence-corrected chi connectivity index (χ0v) is 10.3. The number of aliphatic hydroxyl groups is 1. The van der Waals surface area contributed by atoms with E-state index in [-0.39, 0.29) is 12.5 Å². The first-order chi connectivity index (χ1) is 9.77. The summed E-state index contributed by atoms with van der Waals surface area (Å²) in [6.07, 6.45) is -0.370. The van der Waals surface area contributed by atoms with E-state index in [1.54, 1.807) is 5.32 Å². The van der Waals surface area contributed by atoms with Gasteiger partial charge in [-0.05, 0) is 0 Å². The number of carboxylic acids is 1. The van der Waals surface area contributed by atoms with Gasteiger partial charge in [0.15, 0.2) is 23.3 Å². The average molecular weight is 310 g/mol. The molecule has 0 fully saturated rings. The number of urea groups is 1. The Bertz CT molecular complexity index is 541. The first kappa shape index (κ1) is 16.7. The van der Waals surface area contributed by atoms with Crippen molar-refractivity contribution in [3.05, 3.63) is 29.3 Å². The van der Waals surface area contributed by atoms with Crippen LogP contribution in [0.25, 0.3) is 0 Å². The summed E-state index contributed by atoms with van der Waals surface area (Å²) in [5.41, 5.74) is -1.39. The summed E-state index contributed by atoms with van der Waals surface area (Å²) in [6.45, 7) is -0.575. The maximum Gasteiger partial charge on any atom is 0.326 e. The van der Waals surface area contributed by atoms with Gasteiger partial charge in [-0.3, -0.25) is 0 Å². The van der Waals surface area contributed by atoms with E-state index in [2.05, 4.69) is 0 Å². The van der Waals surface area contributed by atoms with E-state index in [0.717, 1.165) is 0 Å². The Hall–Kier alpha value is -2.36. The summed E-state index contributed by atoms with van der Waals surface area (Å²) in [7, 11) is 0. The number of benzene rings is 1. The van der Waals surface area contributed by atoms with Crippen LogP contribution in [-0.2, 0) is 4.79 Å². The van der Waals surface area contributed by atoms with Gasteiger partial charge in [-0.2, -0.15) is 0 Å². The van der Waals surface area contributed by atoms with Crippen LogP contribution in [0.15, 0.2) is 6.07 Å². The minimum Gasteiger partial charge on any atom is -0.480 e. The Labute approximate surface area is 115 Å². The van der Waals surface area contributed by atoms with Crippen LogP contribution in [0.1, 0.15) is 6.42 Å². The number of hydrogen-bond acceptors (Lipinski definition) is 3. The molecule has 0 heterocycles. The quantitative estimate of drug-likeness (QED) is 0.485. The first-order valence-corrected chi connectivity index (χ1v) is 5.52. The molecule has 0 radical (unpaired) electrons. The number of anilines is 1. The monoisotopic (exact) mass is 310 g/mol. The highest BCUT2D eigenvalue weighted by atomic mass is 19.2. The van der Waals surface area contributed by atoms with Crippen LogP contribution in [0, 0.1) is 23.3 Å². The van der Waals surface area contributed by atoms with Crippen LogP contribution in [0.5, 0.6) is 0 Å². The Morgan fingerprint density at radius 1 is 1.14 bits per heavy atom. The van der Waals surface area contributed by atoms with Crippen molar-refractivity contribution >= 4 is 17.7 Å². The van der Waals surface area contributed by atoms with Gasteiger partial charge in [-0.25, -0.2) is 27.2 Å². The molecule has 4 N–H and O–H groups in total. The third-order valence-corrected chi connectivity index (χ3v) is 2.37. The highest BCUT2D eigenvalue weighted by molar-refractivity contribution is 5.92. The zero-order chi connectivity index (χ0) is 16.2. The lowest BCUT2D eigenvalue weighted by Gasteiger charge is -2.15. The van der Waals surface area contributed by atoms with Crippen molar-refractivity contribution in [2.75, 3.05) is 11.9 Å². The number of amides is 2. The molecule has 0 spiro atoms. The molecule has 21 heavy (non-hydrogen) atoms. The zero-order valence-electron chi connectivity index (χ0n) is 10.3. The number of aliphatic carboxylic acids is 1.